The predicted molar refractivity (Wildman–Crippen MR) is 213 cm³/mol. The average molecular weight is 685 g/mol. The van der Waals surface area contributed by atoms with Gasteiger partial charge in [-0.25, -0.2) is 4.98 Å². The molecule has 6 aromatic carbocycles. The molecule has 5 heterocycles. The van der Waals surface area contributed by atoms with Crippen LogP contribution in [0.4, 0.5) is 0 Å². The zero-order chi connectivity index (χ0) is 35.2. The SMILES string of the molecule is Cn1[c-][n+](-c2cccc(Oc3ccc4c5c6c(c7ccccc7n6-c6ccccc6)c6c(c7ccccc7n6C)c5n(-c5ccccn5)c4c3)c2)cc1. The number of imidazole rings is 1. The summed E-state index contributed by atoms with van der Waals surface area (Å²) in [5.41, 5.74) is 8.94. The van der Waals surface area contributed by atoms with Gasteiger partial charge >= 0.3 is 0 Å². The van der Waals surface area contributed by atoms with Crippen molar-refractivity contribution < 1.29 is 9.30 Å². The first kappa shape index (κ1) is 29.6. The number of aromatic nitrogens is 6. The van der Waals surface area contributed by atoms with E-state index in [9.17, 15) is 0 Å². The Kier molecular flexibility index (Phi) is 6.25. The van der Waals surface area contributed by atoms with Crippen molar-refractivity contribution in [2.45, 2.75) is 0 Å². The molecule has 0 saturated carbocycles. The van der Waals surface area contributed by atoms with E-state index in [1.54, 1.807) is 0 Å². The van der Waals surface area contributed by atoms with Crippen LogP contribution in [0.25, 0.3) is 82.6 Å². The molecule has 11 rings (SSSR count). The van der Waals surface area contributed by atoms with Crippen LogP contribution in [0, 0.1) is 6.33 Å². The van der Waals surface area contributed by atoms with Crippen molar-refractivity contribution in [1.82, 2.24) is 23.3 Å². The lowest BCUT2D eigenvalue weighted by Crippen LogP contribution is -2.27. The summed E-state index contributed by atoms with van der Waals surface area (Å²) in [6.45, 7) is 0. The molecule has 53 heavy (non-hydrogen) atoms. The number of aryl methyl sites for hydroxylation is 2. The number of pyridine rings is 1. The highest BCUT2D eigenvalue weighted by Gasteiger charge is 2.28. The van der Waals surface area contributed by atoms with Gasteiger partial charge < -0.3 is 23.0 Å². The quantitative estimate of drug-likeness (QED) is 0.134. The first-order chi connectivity index (χ1) is 26.1. The second-order valence-corrected chi connectivity index (χ2v) is 13.6. The highest BCUT2D eigenvalue weighted by Crippen LogP contribution is 2.49. The van der Waals surface area contributed by atoms with Gasteiger partial charge in [0.25, 0.3) is 0 Å². The van der Waals surface area contributed by atoms with E-state index in [4.69, 9.17) is 9.72 Å². The number of ether oxygens (including phenoxy) is 1. The molecule has 0 atom stereocenters. The fraction of sp³-hybridized carbons (Fsp3) is 0.0435. The van der Waals surface area contributed by atoms with Crippen LogP contribution in [0.15, 0.2) is 158 Å². The van der Waals surface area contributed by atoms with E-state index >= 15 is 0 Å². The molecule has 0 fully saturated rings. The Bertz CT molecular complexity index is 3220. The maximum absolute atomic E-state index is 6.66. The number of benzene rings is 6. The summed E-state index contributed by atoms with van der Waals surface area (Å²) in [7, 11) is 4.16. The minimum atomic E-state index is 0.741. The summed E-state index contributed by atoms with van der Waals surface area (Å²) in [6.07, 6.45) is 9.11. The number of hydrogen-bond donors (Lipinski definition) is 0. The molecule has 252 valence electrons. The van der Waals surface area contributed by atoms with Crippen molar-refractivity contribution in [3.63, 3.8) is 0 Å². The molecule has 0 aliphatic rings. The van der Waals surface area contributed by atoms with Crippen LogP contribution < -0.4 is 9.30 Å². The highest BCUT2D eigenvalue weighted by atomic mass is 16.5. The summed E-state index contributed by atoms with van der Waals surface area (Å²) in [5, 5.41) is 7.16. The van der Waals surface area contributed by atoms with Crippen molar-refractivity contribution in [3.05, 3.63) is 164 Å². The lowest BCUT2D eigenvalue weighted by molar-refractivity contribution is -0.599. The normalized spacial score (nSPS) is 12.0. The second kappa shape index (κ2) is 11.2. The largest absolute Gasteiger partial charge is 0.458 e. The minimum Gasteiger partial charge on any atom is -0.458 e. The van der Waals surface area contributed by atoms with Gasteiger partial charge in [0.05, 0.1) is 40.3 Å². The molecule has 11 aromatic rings. The van der Waals surface area contributed by atoms with E-state index in [2.05, 4.69) is 142 Å². The van der Waals surface area contributed by atoms with Crippen LogP contribution in [0.3, 0.4) is 0 Å². The van der Waals surface area contributed by atoms with Crippen LogP contribution in [0.2, 0.25) is 0 Å². The lowest BCUT2D eigenvalue weighted by atomic mass is 10.0. The summed E-state index contributed by atoms with van der Waals surface area (Å²) in [5.74, 6) is 2.33. The van der Waals surface area contributed by atoms with Gasteiger partial charge in [-0.1, -0.05) is 72.8 Å². The van der Waals surface area contributed by atoms with Gasteiger partial charge in [-0.15, -0.1) is 0 Å². The molecule has 0 saturated heterocycles. The molecular weight excluding hydrogens is 653 g/mol. The Labute approximate surface area is 304 Å². The standard InChI is InChI=1S/C46H32N6O/c1-48-25-26-50(29-48)31-15-12-16-32(27-31)53-33-22-23-36-39(28-33)52(40-21-10-11-24-47-40)46-41-34-17-6-8-19-37(34)49(2)44(41)42-35-18-7-9-20-38(35)51(45(42)43(36)46)30-13-4-3-5-14-30/h3-28H,1-2H3. The molecule has 0 unspecified atom stereocenters. The first-order valence-electron chi connectivity index (χ1n) is 17.8. The van der Waals surface area contributed by atoms with E-state index in [1.165, 1.54) is 49.0 Å². The summed E-state index contributed by atoms with van der Waals surface area (Å²) < 4.78 is 17.7. The van der Waals surface area contributed by atoms with Crippen molar-refractivity contribution in [2.75, 3.05) is 0 Å². The number of para-hydroxylation sites is 3. The number of fused-ring (bicyclic) bond motifs is 12. The van der Waals surface area contributed by atoms with Crippen LogP contribution in [-0.4, -0.2) is 23.3 Å². The summed E-state index contributed by atoms with van der Waals surface area (Å²) in [4.78, 5) is 4.98. The topological polar surface area (TPSA) is 45.7 Å². The van der Waals surface area contributed by atoms with Gasteiger partial charge in [-0.05, 0) is 60.7 Å². The summed E-state index contributed by atoms with van der Waals surface area (Å²) in [6, 6.07) is 49.0. The molecule has 7 nitrogen and oxygen atoms in total. The highest BCUT2D eigenvalue weighted by molar-refractivity contribution is 6.40. The van der Waals surface area contributed by atoms with Gasteiger partial charge in [0.15, 0.2) is 0 Å². The van der Waals surface area contributed by atoms with E-state index in [1.807, 2.05) is 59.0 Å². The molecule has 0 radical (unpaired) electrons. The number of nitrogens with zero attached hydrogens (tertiary/aromatic N) is 6. The van der Waals surface area contributed by atoms with Crippen molar-refractivity contribution in [3.8, 4) is 28.7 Å². The third kappa shape index (κ3) is 4.28. The lowest BCUT2D eigenvalue weighted by Gasteiger charge is -2.12. The molecule has 0 spiro atoms. The second-order valence-electron chi connectivity index (χ2n) is 13.6. The van der Waals surface area contributed by atoms with Crippen molar-refractivity contribution in [1.29, 1.82) is 0 Å². The predicted octanol–water partition coefficient (Wildman–Crippen LogP) is 10.1. The van der Waals surface area contributed by atoms with Crippen LogP contribution in [0.1, 0.15) is 0 Å². The van der Waals surface area contributed by atoms with E-state index in [0.29, 0.717) is 0 Å². The molecule has 0 bridgehead atoms. The third-order valence-corrected chi connectivity index (χ3v) is 10.6. The van der Waals surface area contributed by atoms with Gasteiger partial charge in [0.2, 0.25) is 6.33 Å². The van der Waals surface area contributed by atoms with Crippen molar-refractivity contribution >= 4 is 65.4 Å². The third-order valence-electron chi connectivity index (χ3n) is 10.6. The minimum absolute atomic E-state index is 0.741. The average Bonchev–Trinajstić information content (AvgIpc) is 3.95. The monoisotopic (exact) mass is 684 g/mol. The van der Waals surface area contributed by atoms with E-state index in [-0.39, 0.29) is 0 Å². The Morgan fingerprint density at radius 2 is 1.25 bits per heavy atom. The molecular formula is C46H32N6O. The Morgan fingerprint density at radius 3 is 2.02 bits per heavy atom. The molecule has 0 aliphatic carbocycles. The van der Waals surface area contributed by atoms with Crippen LogP contribution in [0.5, 0.6) is 11.5 Å². The maximum Gasteiger partial charge on any atom is 0.243 e. The van der Waals surface area contributed by atoms with E-state index in [0.717, 1.165) is 45.1 Å². The Balaban J connectivity index is 1.31. The van der Waals surface area contributed by atoms with Gasteiger partial charge in [0, 0.05) is 75.2 Å². The first-order valence-corrected chi connectivity index (χ1v) is 17.8. The Morgan fingerprint density at radius 1 is 0.566 bits per heavy atom. The number of rotatable bonds is 5. The zero-order valence-corrected chi connectivity index (χ0v) is 29.1. The van der Waals surface area contributed by atoms with Crippen molar-refractivity contribution in [2.24, 2.45) is 14.1 Å². The van der Waals surface area contributed by atoms with E-state index < -0.39 is 0 Å². The van der Waals surface area contributed by atoms with Gasteiger partial charge in [-0.2, -0.15) is 0 Å². The Hall–Kier alpha value is -7.12. The van der Waals surface area contributed by atoms with Gasteiger partial charge in [-0.3, -0.25) is 4.57 Å². The molecule has 0 amide bonds. The number of hydrogen-bond acceptors (Lipinski definition) is 2. The maximum atomic E-state index is 6.66. The summed E-state index contributed by atoms with van der Waals surface area (Å²) >= 11 is 0. The zero-order valence-electron chi connectivity index (χ0n) is 29.1. The van der Waals surface area contributed by atoms with Crippen LogP contribution >= 0.6 is 0 Å². The molecule has 7 heteroatoms. The fourth-order valence-corrected chi connectivity index (χ4v) is 8.40. The molecule has 0 aliphatic heterocycles. The van der Waals surface area contributed by atoms with Gasteiger partial charge in [0.1, 0.15) is 17.3 Å². The molecule has 0 N–H and O–H groups in total. The smallest absolute Gasteiger partial charge is 0.243 e. The van der Waals surface area contributed by atoms with Crippen LogP contribution in [-0.2, 0) is 14.1 Å². The molecule has 5 aromatic heterocycles. The fourth-order valence-electron chi connectivity index (χ4n) is 8.40.